The second-order valence-electron chi connectivity index (χ2n) is 9.95. The Bertz CT molecular complexity index is 1420. The van der Waals surface area contributed by atoms with Crippen LogP contribution in [-0.2, 0) is 24.8 Å². The minimum absolute atomic E-state index is 0.0243. The lowest BCUT2D eigenvalue weighted by atomic mass is 9.91. The van der Waals surface area contributed by atoms with E-state index in [0.29, 0.717) is 42.7 Å². The highest BCUT2D eigenvalue weighted by atomic mass is 16.5. The number of carbonyl (C=O) groups is 1. The Balaban J connectivity index is 1.41. The van der Waals surface area contributed by atoms with Gasteiger partial charge in [0.05, 0.1) is 7.11 Å². The van der Waals surface area contributed by atoms with Gasteiger partial charge in [-0.2, -0.15) is 0 Å². The molecule has 1 amide bonds. The predicted octanol–water partition coefficient (Wildman–Crippen LogP) is 4.01. The third-order valence-corrected chi connectivity index (χ3v) is 7.99. The van der Waals surface area contributed by atoms with Crippen LogP contribution in [0.25, 0.3) is 22.0 Å². The van der Waals surface area contributed by atoms with Crippen LogP contribution in [-0.4, -0.2) is 34.0 Å². The number of amides is 1. The third-order valence-electron chi connectivity index (χ3n) is 7.99. The lowest BCUT2D eigenvalue weighted by Crippen LogP contribution is -2.42. The zero-order valence-electron chi connectivity index (χ0n) is 19.9. The van der Waals surface area contributed by atoms with Crippen molar-refractivity contribution in [2.24, 2.45) is 24.8 Å². The lowest BCUT2D eigenvalue weighted by molar-refractivity contribution is -0.137. The molecule has 3 heterocycles. The number of pyridine rings is 2. The van der Waals surface area contributed by atoms with Crippen molar-refractivity contribution in [2.45, 2.75) is 32.7 Å². The molecule has 1 saturated carbocycles. The molecule has 3 atom stereocenters. The molecule has 34 heavy (non-hydrogen) atoms. The summed E-state index contributed by atoms with van der Waals surface area (Å²) in [4.78, 5) is 33.5. The third kappa shape index (κ3) is 3.19. The van der Waals surface area contributed by atoms with Gasteiger partial charge < -0.3 is 14.2 Å². The number of fused-ring (bicyclic) bond motifs is 4. The average molecular weight is 456 g/mol. The average Bonchev–Trinajstić information content (AvgIpc) is 3.49. The number of ether oxygens (including phenoxy) is 1. The predicted molar refractivity (Wildman–Crippen MR) is 132 cm³/mol. The number of carbonyl (C=O) groups excluding carboxylic acids is 1. The van der Waals surface area contributed by atoms with Crippen LogP contribution in [0.15, 0.2) is 47.3 Å². The monoisotopic (exact) mass is 455 g/mol. The molecule has 0 spiro atoms. The molecule has 6 nitrogen and oxygen atoms in total. The molecule has 2 bridgehead atoms. The fourth-order valence-corrected chi connectivity index (χ4v) is 6.20. The Labute approximate surface area is 198 Å². The summed E-state index contributed by atoms with van der Waals surface area (Å²) < 4.78 is 7.30. The van der Waals surface area contributed by atoms with Gasteiger partial charge in [-0.15, -0.1) is 0 Å². The molecule has 0 saturated heterocycles. The maximum Gasteiger partial charge on any atom is 0.258 e. The molecule has 3 aromatic rings. The SMILES string of the molecule is COc1ccc(-c2cc3c(n(C)c2=O)CCN(C(=O)[C@@H]2C[C@@H]4C=C[C@H]2C4)C3)c2ccc(C)nc12. The first kappa shape index (κ1) is 21.1. The summed E-state index contributed by atoms with van der Waals surface area (Å²) in [5.41, 5.74) is 5.18. The van der Waals surface area contributed by atoms with E-state index in [4.69, 9.17) is 4.74 Å². The molecule has 0 radical (unpaired) electrons. The van der Waals surface area contributed by atoms with Crippen LogP contribution >= 0.6 is 0 Å². The molecule has 2 aromatic heterocycles. The van der Waals surface area contributed by atoms with Crippen molar-refractivity contribution in [3.63, 3.8) is 0 Å². The topological polar surface area (TPSA) is 64.4 Å². The van der Waals surface area contributed by atoms with Crippen LogP contribution in [0.5, 0.6) is 5.75 Å². The maximum atomic E-state index is 13.4. The fraction of sp³-hybridized carbons (Fsp3) is 0.393. The molecule has 174 valence electrons. The van der Waals surface area contributed by atoms with Gasteiger partial charge in [0.25, 0.3) is 5.56 Å². The Morgan fingerprint density at radius 1 is 1.12 bits per heavy atom. The number of rotatable bonds is 3. The Kier molecular flexibility index (Phi) is 4.87. The first-order chi connectivity index (χ1) is 16.4. The van der Waals surface area contributed by atoms with Gasteiger partial charge in [0.15, 0.2) is 0 Å². The highest BCUT2D eigenvalue weighted by Crippen LogP contribution is 2.44. The number of methoxy groups -OCH3 is 1. The first-order valence-electron chi connectivity index (χ1n) is 12.1. The van der Waals surface area contributed by atoms with Crippen LogP contribution in [0.2, 0.25) is 0 Å². The van der Waals surface area contributed by atoms with E-state index in [0.717, 1.165) is 46.3 Å². The number of aromatic nitrogens is 2. The van der Waals surface area contributed by atoms with Crippen molar-refractivity contribution in [1.82, 2.24) is 14.5 Å². The van der Waals surface area contributed by atoms with Crippen molar-refractivity contribution in [2.75, 3.05) is 13.7 Å². The van der Waals surface area contributed by atoms with Crippen LogP contribution in [0.3, 0.4) is 0 Å². The zero-order chi connectivity index (χ0) is 23.6. The number of hydrogen-bond donors (Lipinski definition) is 0. The maximum absolute atomic E-state index is 13.4. The van der Waals surface area contributed by atoms with Crippen LogP contribution in [0.4, 0.5) is 0 Å². The smallest absolute Gasteiger partial charge is 0.258 e. The summed E-state index contributed by atoms with van der Waals surface area (Å²) in [5.74, 6) is 2.05. The Morgan fingerprint density at radius 3 is 2.71 bits per heavy atom. The molecule has 6 rings (SSSR count). The van der Waals surface area contributed by atoms with Gasteiger partial charge in [-0.05, 0) is 67.0 Å². The van der Waals surface area contributed by atoms with Gasteiger partial charge in [0.1, 0.15) is 11.3 Å². The van der Waals surface area contributed by atoms with E-state index in [9.17, 15) is 9.59 Å². The molecule has 0 N–H and O–H groups in total. The standard InChI is InChI=1S/C28H29N3O3/c1-16-4-7-21-20(8-9-25(34-3)26(21)29-16)23-14-19-15-31(11-10-24(19)30(2)27(23)32)28(33)22-13-17-5-6-18(22)12-17/h4-9,14,17-18,22H,10-13,15H2,1-3H3/t17-,18+,22-/m1/s1. The lowest BCUT2D eigenvalue weighted by Gasteiger charge is -2.33. The number of allylic oxidation sites excluding steroid dienone is 2. The highest BCUT2D eigenvalue weighted by molar-refractivity contribution is 5.98. The summed E-state index contributed by atoms with van der Waals surface area (Å²) in [7, 11) is 3.48. The molecular formula is C28H29N3O3. The van der Waals surface area contributed by atoms with Crippen LogP contribution in [0.1, 0.15) is 29.8 Å². The quantitative estimate of drug-likeness (QED) is 0.560. The normalized spacial score (nSPS) is 22.9. The first-order valence-corrected chi connectivity index (χ1v) is 12.1. The molecule has 0 unspecified atom stereocenters. The van der Waals surface area contributed by atoms with E-state index < -0.39 is 0 Å². The van der Waals surface area contributed by atoms with Gasteiger partial charge in [-0.3, -0.25) is 9.59 Å². The zero-order valence-corrected chi connectivity index (χ0v) is 19.9. The van der Waals surface area contributed by atoms with E-state index in [1.807, 2.05) is 49.2 Å². The van der Waals surface area contributed by atoms with E-state index in [2.05, 4.69) is 17.1 Å². The van der Waals surface area contributed by atoms with Gasteiger partial charge >= 0.3 is 0 Å². The summed E-state index contributed by atoms with van der Waals surface area (Å²) in [5, 5.41) is 0.888. The number of aryl methyl sites for hydroxylation is 1. The molecule has 1 aliphatic heterocycles. The van der Waals surface area contributed by atoms with Gasteiger partial charge in [0, 0.05) is 54.8 Å². The van der Waals surface area contributed by atoms with Crippen LogP contribution in [0, 0.1) is 24.7 Å². The van der Waals surface area contributed by atoms with Crippen molar-refractivity contribution in [3.8, 4) is 16.9 Å². The van der Waals surface area contributed by atoms with Crippen molar-refractivity contribution >= 4 is 16.8 Å². The minimum atomic E-state index is -0.0243. The van der Waals surface area contributed by atoms with Gasteiger partial charge in [0.2, 0.25) is 5.91 Å². The summed E-state index contributed by atoms with van der Waals surface area (Å²) in [6, 6.07) is 9.78. The van der Waals surface area contributed by atoms with Gasteiger partial charge in [-0.1, -0.05) is 18.2 Å². The Morgan fingerprint density at radius 2 is 1.97 bits per heavy atom. The van der Waals surface area contributed by atoms with E-state index in [1.165, 1.54) is 0 Å². The second kappa shape index (κ2) is 7.83. The highest BCUT2D eigenvalue weighted by Gasteiger charge is 2.42. The molecule has 1 fully saturated rings. The molecule has 1 aromatic carbocycles. The number of nitrogens with zero attached hydrogens (tertiary/aromatic N) is 3. The van der Waals surface area contributed by atoms with Crippen molar-refractivity contribution in [1.29, 1.82) is 0 Å². The van der Waals surface area contributed by atoms with Gasteiger partial charge in [-0.25, -0.2) is 4.98 Å². The summed E-state index contributed by atoms with van der Waals surface area (Å²) in [6.07, 6.45) is 7.32. The molecular weight excluding hydrogens is 426 g/mol. The van der Waals surface area contributed by atoms with Crippen molar-refractivity contribution < 1.29 is 9.53 Å². The fourth-order valence-electron chi connectivity index (χ4n) is 6.20. The minimum Gasteiger partial charge on any atom is -0.494 e. The van der Waals surface area contributed by atoms with E-state index >= 15 is 0 Å². The number of benzene rings is 1. The number of hydrogen-bond acceptors (Lipinski definition) is 4. The van der Waals surface area contributed by atoms with Crippen LogP contribution < -0.4 is 10.3 Å². The molecule has 2 aliphatic carbocycles. The molecule has 6 heteroatoms. The second-order valence-corrected chi connectivity index (χ2v) is 9.95. The summed E-state index contributed by atoms with van der Waals surface area (Å²) >= 11 is 0. The molecule has 3 aliphatic rings. The summed E-state index contributed by atoms with van der Waals surface area (Å²) in [6.45, 7) is 3.17. The largest absolute Gasteiger partial charge is 0.494 e. The van der Waals surface area contributed by atoms with E-state index in [-0.39, 0.29) is 17.4 Å². The van der Waals surface area contributed by atoms with E-state index in [1.54, 1.807) is 11.7 Å². The van der Waals surface area contributed by atoms with Crippen molar-refractivity contribution in [3.05, 3.63) is 69.8 Å². The Hall–Kier alpha value is -3.41.